The molecule has 38 heavy (non-hydrogen) atoms. The van der Waals surface area contributed by atoms with Gasteiger partial charge in [-0.25, -0.2) is 8.42 Å². The van der Waals surface area contributed by atoms with Gasteiger partial charge in [0.25, 0.3) is 10.0 Å². The molecule has 0 heterocycles. The molecule has 1 atom stereocenters. The number of nitrogens with one attached hydrogen (secondary N) is 1. The number of carbonyl (C=O) groups is 2. The molecule has 3 aromatic rings. The number of hydrogen-bond donors (Lipinski definition) is 1. The summed E-state index contributed by atoms with van der Waals surface area (Å²) in [4.78, 5) is 27.9. The minimum atomic E-state index is -4.16. The van der Waals surface area contributed by atoms with E-state index in [2.05, 4.69) is 5.32 Å². The minimum absolute atomic E-state index is 0.00825. The van der Waals surface area contributed by atoms with Crippen molar-refractivity contribution in [2.75, 3.05) is 17.4 Å². The van der Waals surface area contributed by atoms with E-state index in [1.807, 2.05) is 13.8 Å². The fourth-order valence-corrected chi connectivity index (χ4v) is 5.62. The molecule has 0 saturated heterocycles. The second kappa shape index (κ2) is 12.7. The molecule has 10 heteroatoms. The molecule has 0 aliphatic carbocycles. The Labute approximate surface area is 234 Å². The summed E-state index contributed by atoms with van der Waals surface area (Å²) in [5.41, 5.74) is 2.90. The Hall–Kier alpha value is -3.07. The summed E-state index contributed by atoms with van der Waals surface area (Å²) >= 11 is 12.1. The first-order valence-electron chi connectivity index (χ1n) is 12.1. The van der Waals surface area contributed by atoms with Crippen molar-refractivity contribution in [3.05, 3.63) is 93.5 Å². The van der Waals surface area contributed by atoms with Gasteiger partial charge in [0.2, 0.25) is 11.8 Å². The molecule has 0 radical (unpaired) electrons. The van der Waals surface area contributed by atoms with Gasteiger partial charge in [-0.05, 0) is 92.9 Å². The summed E-state index contributed by atoms with van der Waals surface area (Å²) in [6.45, 7) is 7.13. The first-order valence-corrected chi connectivity index (χ1v) is 14.3. The number of aryl methyl sites for hydroxylation is 2. The van der Waals surface area contributed by atoms with E-state index in [-0.39, 0.29) is 17.3 Å². The summed E-state index contributed by atoms with van der Waals surface area (Å²) in [5.74, 6) is -0.888. The van der Waals surface area contributed by atoms with E-state index in [0.29, 0.717) is 27.8 Å². The fourth-order valence-electron chi connectivity index (χ4n) is 3.88. The van der Waals surface area contributed by atoms with E-state index in [1.54, 1.807) is 56.3 Å². The standard InChI is InChI=1S/C28H31Cl2N3O4S/c1-5-31-28(35)21(4)32(17-22-7-6-8-24(30)16-22)27(34)18-33(25-12-9-19(2)20(3)15-25)38(36,37)26-13-10-23(29)11-14-26/h6-16,21H,5,17-18H2,1-4H3,(H,31,35)/t21-/m1/s1. The highest BCUT2D eigenvalue weighted by Gasteiger charge is 2.32. The van der Waals surface area contributed by atoms with Crippen molar-refractivity contribution < 1.29 is 18.0 Å². The molecule has 0 aliphatic heterocycles. The van der Waals surface area contributed by atoms with Crippen LogP contribution in [0.1, 0.15) is 30.5 Å². The minimum Gasteiger partial charge on any atom is -0.355 e. The lowest BCUT2D eigenvalue weighted by Crippen LogP contribution is -2.51. The number of likely N-dealkylation sites (N-methyl/N-ethyl adjacent to an activating group) is 1. The molecule has 3 rings (SSSR count). The van der Waals surface area contributed by atoms with E-state index in [1.165, 1.54) is 29.2 Å². The number of sulfonamides is 1. The van der Waals surface area contributed by atoms with Crippen LogP contribution in [0.15, 0.2) is 71.6 Å². The zero-order valence-corrected chi connectivity index (χ0v) is 24.1. The maximum Gasteiger partial charge on any atom is 0.264 e. The Morgan fingerprint density at radius 1 is 0.921 bits per heavy atom. The smallest absolute Gasteiger partial charge is 0.264 e. The van der Waals surface area contributed by atoms with Crippen molar-refractivity contribution in [1.82, 2.24) is 10.2 Å². The SMILES string of the molecule is CCNC(=O)[C@@H](C)N(Cc1cccc(Cl)c1)C(=O)CN(c1ccc(C)c(C)c1)S(=O)(=O)c1ccc(Cl)cc1. The quantitative estimate of drug-likeness (QED) is 0.352. The van der Waals surface area contributed by atoms with Crippen molar-refractivity contribution in [3.63, 3.8) is 0 Å². The third kappa shape index (κ3) is 7.07. The van der Waals surface area contributed by atoms with Crippen LogP contribution >= 0.6 is 23.2 Å². The fraction of sp³-hybridized carbons (Fsp3) is 0.286. The third-order valence-electron chi connectivity index (χ3n) is 6.22. The van der Waals surface area contributed by atoms with Crippen molar-refractivity contribution in [2.45, 2.75) is 45.2 Å². The summed E-state index contributed by atoms with van der Waals surface area (Å²) < 4.78 is 28.7. The average Bonchev–Trinajstić information content (AvgIpc) is 2.87. The van der Waals surface area contributed by atoms with Gasteiger partial charge in [-0.2, -0.15) is 0 Å². The molecule has 0 bridgehead atoms. The number of halogens is 2. The zero-order chi connectivity index (χ0) is 28.0. The van der Waals surface area contributed by atoms with Crippen molar-refractivity contribution in [3.8, 4) is 0 Å². The highest BCUT2D eigenvalue weighted by Crippen LogP contribution is 2.27. The number of nitrogens with zero attached hydrogens (tertiary/aromatic N) is 2. The van der Waals surface area contributed by atoms with Crippen LogP contribution in [0.4, 0.5) is 5.69 Å². The number of anilines is 1. The molecule has 0 unspecified atom stereocenters. The molecule has 7 nitrogen and oxygen atoms in total. The highest BCUT2D eigenvalue weighted by molar-refractivity contribution is 7.92. The monoisotopic (exact) mass is 575 g/mol. The molecule has 202 valence electrons. The summed E-state index contributed by atoms with van der Waals surface area (Å²) in [5, 5.41) is 3.61. The van der Waals surface area contributed by atoms with E-state index in [4.69, 9.17) is 23.2 Å². The molecule has 2 amide bonds. The predicted molar refractivity (Wildman–Crippen MR) is 152 cm³/mol. The van der Waals surface area contributed by atoms with Crippen LogP contribution in [0.25, 0.3) is 0 Å². The number of carbonyl (C=O) groups excluding carboxylic acids is 2. The Balaban J connectivity index is 2.06. The van der Waals surface area contributed by atoms with Crippen LogP contribution in [0.2, 0.25) is 10.0 Å². The van der Waals surface area contributed by atoms with Crippen molar-refractivity contribution in [1.29, 1.82) is 0 Å². The average molecular weight is 577 g/mol. The number of hydrogen-bond acceptors (Lipinski definition) is 4. The number of amides is 2. The Kier molecular flexibility index (Phi) is 9.82. The van der Waals surface area contributed by atoms with E-state index < -0.39 is 28.5 Å². The summed E-state index contributed by atoms with van der Waals surface area (Å²) in [6, 6.07) is 17.1. The van der Waals surface area contributed by atoms with E-state index in [0.717, 1.165) is 15.4 Å². The van der Waals surface area contributed by atoms with Crippen LogP contribution in [0, 0.1) is 13.8 Å². The molecule has 0 spiro atoms. The molecular weight excluding hydrogens is 545 g/mol. The van der Waals surface area contributed by atoms with Gasteiger partial charge < -0.3 is 10.2 Å². The van der Waals surface area contributed by atoms with E-state index in [9.17, 15) is 18.0 Å². The molecular formula is C28H31Cl2N3O4S. The second-order valence-corrected chi connectivity index (χ2v) is 11.7. The van der Waals surface area contributed by atoms with Crippen LogP contribution in [-0.2, 0) is 26.2 Å². The molecule has 0 aliphatic rings. The van der Waals surface area contributed by atoms with Gasteiger partial charge in [0, 0.05) is 23.1 Å². The van der Waals surface area contributed by atoms with E-state index >= 15 is 0 Å². The van der Waals surface area contributed by atoms with Gasteiger partial charge in [-0.15, -0.1) is 0 Å². The second-order valence-electron chi connectivity index (χ2n) is 8.96. The number of benzene rings is 3. The first-order chi connectivity index (χ1) is 17.9. The van der Waals surface area contributed by atoms with Crippen LogP contribution in [0.3, 0.4) is 0 Å². The zero-order valence-electron chi connectivity index (χ0n) is 21.7. The van der Waals surface area contributed by atoms with Crippen LogP contribution < -0.4 is 9.62 Å². The van der Waals surface area contributed by atoms with Crippen molar-refractivity contribution in [2.24, 2.45) is 0 Å². The number of rotatable bonds is 10. The first kappa shape index (κ1) is 29.5. The predicted octanol–water partition coefficient (Wildman–Crippen LogP) is 5.36. The molecule has 0 fully saturated rings. The van der Waals surface area contributed by atoms with Gasteiger partial charge in [0.15, 0.2) is 0 Å². The molecule has 3 aromatic carbocycles. The maximum absolute atomic E-state index is 13.8. The van der Waals surface area contributed by atoms with Gasteiger partial charge in [0.1, 0.15) is 12.6 Å². The van der Waals surface area contributed by atoms with Crippen molar-refractivity contribution >= 4 is 50.7 Å². The largest absolute Gasteiger partial charge is 0.355 e. The topological polar surface area (TPSA) is 86.8 Å². The van der Waals surface area contributed by atoms with Gasteiger partial charge in [-0.1, -0.05) is 41.4 Å². The molecule has 0 saturated carbocycles. The Morgan fingerprint density at radius 3 is 2.21 bits per heavy atom. The Morgan fingerprint density at radius 2 is 1.61 bits per heavy atom. The normalized spacial score (nSPS) is 12.1. The molecule has 0 aromatic heterocycles. The molecule has 1 N–H and O–H groups in total. The Bertz CT molecular complexity index is 1410. The summed E-state index contributed by atoms with van der Waals surface area (Å²) in [7, 11) is -4.16. The third-order valence-corrected chi connectivity index (χ3v) is 8.49. The maximum atomic E-state index is 13.8. The van der Waals surface area contributed by atoms with Gasteiger partial charge >= 0.3 is 0 Å². The lowest BCUT2D eigenvalue weighted by molar-refractivity contribution is -0.139. The highest BCUT2D eigenvalue weighted by atomic mass is 35.5. The van der Waals surface area contributed by atoms with Crippen LogP contribution in [0.5, 0.6) is 0 Å². The lowest BCUT2D eigenvalue weighted by Gasteiger charge is -2.32. The van der Waals surface area contributed by atoms with Gasteiger partial charge in [0.05, 0.1) is 10.6 Å². The van der Waals surface area contributed by atoms with Crippen LogP contribution in [-0.4, -0.2) is 44.3 Å². The summed E-state index contributed by atoms with van der Waals surface area (Å²) in [6.07, 6.45) is 0. The van der Waals surface area contributed by atoms with Gasteiger partial charge in [-0.3, -0.25) is 13.9 Å². The lowest BCUT2D eigenvalue weighted by atomic mass is 10.1.